The number of carbonyl (C=O) groups is 1. The number of fused-ring (bicyclic) bond motifs is 1. The van der Waals surface area contributed by atoms with E-state index in [0.29, 0.717) is 22.9 Å². The molecule has 0 saturated carbocycles. The zero-order valence-electron chi connectivity index (χ0n) is 29.4. The monoisotopic (exact) mass is 772 g/mol. The van der Waals surface area contributed by atoms with Crippen LogP contribution in [0.5, 0.6) is 11.5 Å². The molecule has 1 aliphatic heterocycles. The Morgan fingerprint density at radius 1 is 0.596 bits per heavy atom. The van der Waals surface area contributed by atoms with Gasteiger partial charge in [0.25, 0.3) is 0 Å². The fourth-order valence-electron chi connectivity index (χ4n) is 6.56. The summed E-state index contributed by atoms with van der Waals surface area (Å²) in [5.74, 6) is 0.632. The number of methoxy groups -OCH3 is 2. The second kappa shape index (κ2) is 14.4. The molecule has 0 spiro atoms. The van der Waals surface area contributed by atoms with Gasteiger partial charge in [-0.15, -0.1) is 0 Å². The largest absolute Gasteiger partial charge is 0.497 e. The Morgan fingerprint density at radius 3 is 1.40 bits per heavy atom. The van der Waals surface area contributed by atoms with E-state index in [9.17, 15) is 4.79 Å². The van der Waals surface area contributed by atoms with Crippen LogP contribution in [-0.4, -0.2) is 20.2 Å². The van der Waals surface area contributed by atoms with E-state index in [1.807, 2.05) is 113 Å². The van der Waals surface area contributed by atoms with Crippen LogP contribution < -0.4 is 20.9 Å². The Morgan fingerprint density at radius 2 is 1.00 bits per heavy atom. The average Bonchev–Trinajstić information content (AvgIpc) is 3.44. The Hall–Kier alpha value is -4.59. The number of hydrogen-bond acceptors (Lipinski definition) is 6. The molecule has 0 aromatic heterocycles. The SMILES string of the molecule is COc1ccc(C(=CC2(C=C(c3ccc(OC)cc3)c3ccc(N)c(C)c3C)OC(=O)c3c(Cl)c(Cl)c(Cl)c(Cl)c32)c2ccc(N)c(C)c2C)cc1. The normalized spacial score (nSPS) is 15.8. The van der Waals surface area contributed by atoms with Gasteiger partial charge >= 0.3 is 5.97 Å². The number of cyclic esters (lactones) is 1. The molecule has 1 heterocycles. The summed E-state index contributed by atoms with van der Waals surface area (Å²) < 4.78 is 17.5. The highest BCUT2D eigenvalue weighted by atomic mass is 35.5. The lowest BCUT2D eigenvalue weighted by Crippen LogP contribution is -2.23. The molecule has 0 unspecified atom stereocenters. The topological polar surface area (TPSA) is 96.8 Å². The van der Waals surface area contributed by atoms with Crippen molar-refractivity contribution in [3.63, 3.8) is 0 Å². The van der Waals surface area contributed by atoms with Gasteiger partial charge in [-0.25, -0.2) is 4.79 Å². The van der Waals surface area contributed by atoms with Crippen molar-refractivity contribution in [2.75, 3.05) is 25.7 Å². The summed E-state index contributed by atoms with van der Waals surface area (Å²) in [5.41, 5.74) is 21.1. The molecule has 0 fully saturated rings. The molecule has 0 bridgehead atoms. The number of benzene rings is 5. The maximum absolute atomic E-state index is 14.1. The summed E-state index contributed by atoms with van der Waals surface area (Å²) in [6.07, 6.45) is 3.76. The van der Waals surface area contributed by atoms with Crippen molar-refractivity contribution in [3.05, 3.63) is 161 Å². The van der Waals surface area contributed by atoms with E-state index in [0.717, 1.165) is 55.7 Å². The first-order chi connectivity index (χ1) is 24.7. The van der Waals surface area contributed by atoms with Gasteiger partial charge in [0, 0.05) is 16.9 Å². The molecule has 0 aliphatic carbocycles. The first kappa shape index (κ1) is 37.2. The van der Waals surface area contributed by atoms with Crippen LogP contribution in [-0.2, 0) is 10.3 Å². The van der Waals surface area contributed by atoms with Crippen LogP contribution in [0.3, 0.4) is 0 Å². The molecular weight excluding hydrogens is 738 g/mol. The molecule has 10 heteroatoms. The van der Waals surface area contributed by atoms with Gasteiger partial charge in [-0.05, 0) is 132 Å². The number of hydrogen-bond donors (Lipinski definition) is 2. The van der Waals surface area contributed by atoms with Gasteiger partial charge in [0.2, 0.25) is 0 Å². The van der Waals surface area contributed by atoms with E-state index < -0.39 is 11.6 Å². The minimum atomic E-state index is -1.69. The fraction of sp³-hybridized carbons (Fsp3) is 0.167. The maximum Gasteiger partial charge on any atom is 0.341 e. The van der Waals surface area contributed by atoms with Gasteiger partial charge in [0.05, 0.1) is 39.9 Å². The average molecular weight is 775 g/mol. The molecule has 0 radical (unpaired) electrons. The lowest BCUT2D eigenvalue weighted by atomic mass is 9.81. The lowest BCUT2D eigenvalue weighted by molar-refractivity contribution is 0.0300. The van der Waals surface area contributed by atoms with Crippen LogP contribution >= 0.6 is 46.4 Å². The number of nitrogen functional groups attached to an aromatic ring is 2. The highest BCUT2D eigenvalue weighted by Crippen LogP contribution is 2.54. The second-order valence-electron chi connectivity index (χ2n) is 12.7. The Kier molecular flexibility index (Phi) is 10.3. The molecule has 0 saturated heterocycles. The zero-order chi connectivity index (χ0) is 37.6. The predicted octanol–water partition coefficient (Wildman–Crippen LogP) is 11.3. The molecular formula is C42H36Cl4N2O4. The smallest absolute Gasteiger partial charge is 0.341 e. The van der Waals surface area contributed by atoms with Crippen LogP contribution in [0.25, 0.3) is 11.1 Å². The number of carbonyl (C=O) groups excluding carboxylic acids is 1. The molecule has 1 aliphatic rings. The molecule has 0 atom stereocenters. The quantitative estimate of drug-likeness (QED) is 0.0705. The van der Waals surface area contributed by atoms with Gasteiger partial charge in [0.15, 0.2) is 5.60 Å². The molecule has 5 aromatic carbocycles. The number of halogens is 4. The Labute approximate surface area is 323 Å². The molecule has 4 N–H and O–H groups in total. The molecule has 6 rings (SSSR count). The minimum absolute atomic E-state index is 0.00688. The van der Waals surface area contributed by atoms with Crippen LogP contribution in [0.2, 0.25) is 20.1 Å². The zero-order valence-corrected chi connectivity index (χ0v) is 32.4. The van der Waals surface area contributed by atoms with Crippen molar-refractivity contribution in [2.24, 2.45) is 0 Å². The molecule has 5 aromatic rings. The van der Waals surface area contributed by atoms with Crippen molar-refractivity contribution >= 4 is 74.9 Å². The van der Waals surface area contributed by atoms with E-state index >= 15 is 0 Å². The van der Waals surface area contributed by atoms with Crippen molar-refractivity contribution in [3.8, 4) is 11.5 Å². The molecule has 6 nitrogen and oxygen atoms in total. The highest BCUT2D eigenvalue weighted by Gasteiger charge is 2.48. The second-order valence-corrected chi connectivity index (χ2v) is 14.2. The third-order valence-corrected chi connectivity index (χ3v) is 11.7. The summed E-state index contributed by atoms with van der Waals surface area (Å²) in [6.45, 7) is 7.93. The van der Waals surface area contributed by atoms with E-state index in [2.05, 4.69) is 0 Å². The highest BCUT2D eigenvalue weighted by molar-refractivity contribution is 6.53. The maximum atomic E-state index is 14.1. The molecule has 0 amide bonds. The fourth-order valence-corrected chi connectivity index (χ4v) is 7.64. The number of ether oxygens (including phenoxy) is 3. The Balaban J connectivity index is 1.81. The van der Waals surface area contributed by atoms with E-state index in [1.54, 1.807) is 14.2 Å². The van der Waals surface area contributed by atoms with Gasteiger partial charge in [-0.2, -0.15) is 0 Å². The van der Waals surface area contributed by atoms with E-state index in [1.165, 1.54) is 0 Å². The van der Waals surface area contributed by atoms with E-state index in [4.69, 9.17) is 72.1 Å². The predicted molar refractivity (Wildman–Crippen MR) is 214 cm³/mol. The van der Waals surface area contributed by atoms with Crippen molar-refractivity contribution in [1.29, 1.82) is 0 Å². The van der Waals surface area contributed by atoms with Crippen molar-refractivity contribution in [1.82, 2.24) is 0 Å². The molecule has 266 valence electrons. The van der Waals surface area contributed by atoms with Crippen molar-refractivity contribution < 1.29 is 19.0 Å². The summed E-state index contributed by atoms with van der Waals surface area (Å²) in [7, 11) is 3.21. The number of esters is 1. The summed E-state index contributed by atoms with van der Waals surface area (Å²) in [4.78, 5) is 14.1. The number of rotatable bonds is 8. The van der Waals surface area contributed by atoms with Gasteiger partial charge in [-0.1, -0.05) is 82.8 Å². The third kappa shape index (κ3) is 6.39. The van der Waals surface area contributed by atoms with Gasteiger partial charge in [0.1, 0.15) is 11.5 Å². The van der Waals surface area contributed by atoms with Crippen LogP contribution in [0.1, 0.15) is 60.4 Å². The summed E-state index contributed by atoms with van der Waals surface area (Å²) in [5, 5.41) is -0.0834. The standard InChI is InChI=1S/C42H36Cl4N2O4/c1-21-23(3)33(47)17-15-29(21)31(25-7-11-27(50-5)12-8-25)19-42(36-35(41(49)52-42)37(43)39(45)40(46)38(36)44)20-32(26-9-13-28(51-6)14-10-26)30-16-18-34(48)24(4)22(30)2/h7-20H,47-48H2,1-6H3. The minimum Gasteiger partial charge on any atom is -0.497 e. The van der Waals surface area contributed by atoms with Crippen molar-refractivity contribution in [2.45, 2.75) is 33.3 Å². The van der Waals surface area contributed by atoms with Gasteiger partial charge < -0.3 is 25.7 Å². The third-order valence-electron chi connectivity index (χ3n) is 9.88. The summed E-state index contributed by atoms with van der Waals surface area (Å²) in [6, 6.07) is 22.8. The van der Waals surface area contributed by atoms with E-state index in [-0.39, 0.29) is 31.2 Å². The lowest BCUT2D eigenvalue weighted by Gasteiger charge is -2.28. The van der Waals surface area contributed by atoms with Crippen LogP contribution in [0.15, 0.2) is 84.9 Å². The molecule has 52 heavy (non-hydrogen) atoms. The number of nitrogens with two attached hydrogens (primary N) is 2. The van der Waals surface area contributed by atoms with Gasteiger partial charge in [-0.3, -0.25) is 0 Å². The Bertz CT molecular complexity index is 2190. The van der Waals surface area contributed by atoms with Crippen LogP contribution in [0, 0.1) is 27.7 Å². The first-order valence-corrected chi connectivity index (χ1v) is 17.8. The number of anilines is 2. The first-order valence-electron chi connectivity index (χ1n) is 16.3. The summed E-state index contributed by atoms with van der Waals surface area (Å²) >= 11 is 27.2. The van der Waals surface area contributed by atoms with Crippen LogP contribution in [0.4, 0.5) is 11.4 Å².